The van der Waals surface area contributed by atoms with Crippen molar-refractivity contribution in [1.82, 2.24) is 9.55 Å². The summed E-state index contributed by atoms with van der Waals surface area (Å²) in [4.78, 5) is 3.69. The summed E-state index contributed by atoms with van der Waals surface area (Å²) in [5, 5.41) is 3.05. The molecule has 0 spiro atoms. The zero-order chi connectivity index (χ0) is 10.8. The van der Waals surface area contributed by atoms with Gasteiger partial charge in [0.25, 0.3) is 0 Å². The summed E-state index contributed by atoms with van der Waals surface area (Å²) in [5.74, 6) is 0.528. The van der Waals surface area contributed by atoms with Gasteiger partial charge in [-0.2, -0.15) is 4.39 Å². The van der Waals surface area contributed by atoms with Crippen molar-refractivity contribution in [3.63, 3.8) is 0 Å². The molecule has 78 valence electrons. The van der Waals surface area contributed by atoms with Crippen LogP contribution in [0.2, 0.25) is 0 Å². The van der Waals surface area contributed by atoms with Crippen molar-refractivity contribution < 1.29 is 4.39 Å². The van der Waals surface area contributed by atoms with E-state index >= 15 is 0 Å². The lowest BCUT2D eigenvalue weighted by Gasteiger charge is -2.08. The van der Waals surface area contributed by atoms with Gasteiger partial charge >= 0.3 is 0 Å². The molecule has 0 aliphatic heterocycles. The van der Waals surface area contributed by atoms with E-state index in [1.165, 1.54) is 6.20 Å². The van der Waals surface area contributed by atoms with Gasteiger partial charge < -0.3 is 9.88 Å². The molecule has 0 fully saturated rings. The molecule has 2 aromatic rings. The van der Waals surface area contributed by atoms with Crippen molar-refractivity contribution in [1.29, 1.82) is 0 Å². The first-order valence-electron chi connectivity index (χ1n) is 4.70. The number of nitrogens with one attached hydrogen (secondary N) is 1. The number of aromatic nitrogens is 2. The number of hydrogen-bond donors (Lipinski definition) is 1. The Balaban J connectivity index is 2.50. The molecule has 0 saturated carbocycles. The molecule has 15 heavy (non-hydrogen) atoms. The third-order valence-electron chi connectivity index (χ3n) is 2.28. The number of pyridine rings is 1. The number of nitrogens with zero attached hydrogens (tertiary/aromatic N) is 2. The molecule has 2 heterocycles. The maximum Gasteiger partial charge on any atom is 0.215 e. The van der Waals surface area contributed by atoms with Crippen molar-refractivity contribution in [3.8, 4) is 5.69 Å². The number of aryl methyl sites for hydroxylation is 1. The lowest BCUT2D eigenvalue weighted by Crippen LogP contribution is -2.01. The fraction of sp³-hybridized carbons (Fsp3) is 0.182. The minimum atomic E-state index is -0.420. The Hall–Kier alpha value is -1.84. The Morgan fingerprint density at radius 3 is 2.93 bits per heavy atom. The van der Waals surface area contributed by atoms with E-state index in [0.717, 1.165) is 11.5 Å². The van der Waals surface area contributed by atoms with Gasteiger partial charge in [0.1, 0.15) is 5.82 Å². The van der Waals surface area contributed by atoms with Crippen LogP contribution in [-0.2, 0) is 0 Å². The molecule has 2 aromatic heterocycles. The van der Waals surface area contributed by atoms with Gasteiger partial charge in [-0.3, -0.25) is 0 Å². The van der Waals surface area contributed by atoms with Crippen molar-refractivity contribution in [3.05, 3.63) is 42.1 Å². The fourth-order valence-electron chi connectivity index (χ4n) is 1.48. The van der Waals surface area contributed by atoms with Gasteiger partial charge in [-0.1, -0.05) is 0 Å². The highest BCUT2D eigenvalue weighted by Crippen LogP contribution is 2.17. The van der Waals surface area contributed by atoms with Crippen molar-refractivity contribution in [2.75, 3.05) is 12.4 Å². The zero-order valence-electron chi connectivity index (χ0n) is 8.66. The second-order valence-corrected chi connectivity index (χ2v) is 3.31. The van der Waals surface area contributed by atoms with Gasteiger partial charge in [0.05, 0.1) is 11.9 Å². The normalized spacial score (nSPS) is 10.3. The molecule has 1 N–H and O–H groups in total. The molecule has 0 atom stereocenters. The average Bonchev–Trinajstić information content (AvgIpc) is 2.70. The van der Waals surface area contributed by atoms with Crippen LogP contribution in [0.5, 0.6) is 0 Å². The molecule has 0 aliphatic carbocycles. The predicted molar refractivity (Wildman–Crippen MR) is 57.8 cm³/mol. The molecule has 2 rings (SSSR count). The summed E-state index contributed by atoms with van der Waals surface area (Å²) in [6.45, 7) is 1.70. The summed E-state index contributed by atoms with van der Waals surface area (Å²) in [7, 11) is 1.84. The first-order chi connectivity index (χ1) is 7.22. The standard InChI is InChI=1S/C11H12FN3/c1-8-6-9(7-14-11(8)12)15-5-3-4-10(15)13-2/h3-7,13H,1-2H3. The van der Waals surface area contributed by atoms with Gasteiger partial charge in [-0.25, -0.2) is 4.98 Å². The first-order valence-corrected chi connectivity index (χ1v) is 4.70. The van der Waals surface area contributed by atoms with Gasteiger partial charge in [-0.15, -0.1) is 0 Å². The molecule has 3 nitrogen and oxygen atoms in total. The van der Waals surface area contributed by atoms with Crippen LogP contribution in [0, 0.1) is 12.9 Å². The number of hydrogen-bond acceptors (Lipinski definition) is 2. The van der Waals surface area contributed by atoms with Crippen LogP contribution in [0.4, 0.5) is 10.2 Å². The summed E-state index contributed by atoms with van der Waals surface area (Å²) in [5.41, 5.74) is 1.39. The van der Waals surface area contributed by atoms with Gasteiger partial charge in [0.15, 0.2) is 0 Å². The Labute approximate surface area is 87.6 Å². The van der Waals surface area contributed by atoms with E-state index in [-0.39, 0.29) is 0 Å². The molecule has 4 heteroatoms. The number of halogens is 1. The molecular weight excluding hydrogens is 193 g/mol. The third-order valence-corrected chi connectivity index (χ3v) is 2.28. The topological polar surface area (TPSA) is 29.9 Å². The number of anilines is 1. The van der Waals surface area contributed by atoms with Crippen LogP contribution in [-0.4, -0.2) is 16.6 Å². The summed E-state index contributed by atoms with van der Waals surface area (Å²) in [6, 6.07) is 5.63. The van der Waals surface area contributed by atoms with Crippen LogP contribution in [0.15, 0.2) is 30.6 Å². The average molecular weight is 205 g/mol. The highest BCUT2D eigenvalue weighted by molar-refractivity contribution is 5.46. The van der Waals surface area contributed by atoms with E-state index in [9.17, 15) is 4.39 Å². The lowest BCUT2D eigenvalue weighted by molar-refractivity contribution is 0.573. The van der Waals surface area contributed by atoms with Crippen molar-refractivity contribution in [2.45, 2.75) is 6.92 Å². The van der Waals surface area contributed by atoms with Crippen LogP contribution < -0.4 is 5.32 Å². The predicted octanol–water partition coefficient (Wildman–Crippen LogP) is 2.36. The quantitative estimate of drug-likeness (QED) is 0.763. The Bertz CT molecular complexity index is 476. The summed E-state index contributed by atoms with van der Waals surface area (Å²) < 4.78 is 14.9. The first kappa shape index (κ1) is 9.71. The van der Waals surface area contributed by atoms with Crippen molar-refractivity contribution in [2.24, 2.45) is 0 Å². The van der Waals surface area contributed by atoms with Crippen LogP contribution >= 0.6 is 0 Å². The molecule has 0 radical (unpaired) electrons. The van der Waals surface area contributed by atoms with Gasteiger partial charge in [0, 0.05) is 18.8 Å². The Morgan fingerprint density at radius 2 is 2.27 bits per heavy atom. The Kier molecular flexibility index (Phi) is 2.41. The van der Waals surface area contributed by atoms with Crippen LogP contribution in [0.3, 0.4) is 0 Å². The second-order valence-electron chi connectivity index (χ2n) is 3.31. The third kappa shape index (κ3) is 1.70. The molecule has 0 saturated heterocycles. The fourth-order valence-corrected chi connectivity index (χ4v) is 1.48. The maximum absolute atomic E-state index is 13.0. The van der Waals surface area contributed by atoms with E-state index in [2.05, 4.69) is 10.3 Å². The second kappa shape index (κ2) is 3.73. The zero-order valence-corrected chi connectivity index (χ0v) is 8.66. The largest absolute Gasteiger partial charge is 0.374 e. The Morgan fingerprint density at radius 1 is 1.47 bits per heavy atom. The minimum Gasteiger partial charge on any atom is -0.374 e. The summed E-state index contributed by atoms with van der Waals surface area (Å²) >= 11 is 0. The molecule has 0 amide bonds. The molecule has 0 aliphatic rings. The van der Waals surface area contributed by atoms with E-state index in [1.54, 1.807) is 13.0 Å². The summed E-state index contributed by atoms with van der Waals surface area (Å²) in [6.07, 6.45) is 3.42. The monoisotopic (exact) mass is 205 g/mol. The smallest absolute Gasteiger partial charge is 0.215 e. The minimum absolute atomic E-state index is 0.420. The maximum atomic E-state index is 13.0. The molecular formula is C11H12FN3. The van der Waals surface area contributed by atoms with Crippen molar-refractivity contribution >= 4 is 5.82 Å². The van der Waals surface area contributed by atoms with E-state index in [0.29, 0.717) is 5.56 Å². The van der Waals surface area contributed by atoms with E-state index in [1.807, 2.05) is 29.9 Å². The molecule has 0 unspecified atom stereocenters. The van der Waals surface area contributed by atoms with E-state index in [4.69, 9.17) is 0 Å². The van der Waals surface area contributed by atoms with E-state index < -0.39 is 5.95 Å². The van der Waals surface area contributed by atoms with Gasteiger partial charge in [-0.05, 0) is 25.1 Å². The molecule has 0 aromatic carbocycles. The SMILES string of the molecule is CNc1cccn1-c1cnc(F)c(C)c1. The lowest BCUT2D eigenvalue weighted by atomic mass is 10.3. The molecule has 0 bridgehead atoms. The highest BCUT2D eigenvalue weighted by Gasteiger charge is 2.04. The van der Waals surface area contributed by atoms with Crippen LogP contribution in [0.1, 0.15) is 5.56 Å². The van der Waals surface area contributed by atoms with Crippen LogP contribution in [0.25, 0.3) is 5.69 Å². The highest BCUT2D eigenvalue weighted by atomic mass is 19.1. The van der Waals surface area contributed by atoms with Gasteiger partial charge in [0.2, 0.25) is 5.95 Å². The number of rotatable bonds is 2.